The molecule has 2 fully saturated rings. The third-order valence-electron chi connectivity index (χ3n) is 5.40. The van der Waals surface area contributed by atoms with Gasteiger partial charge in [-0.3, -0.25) is 9.79 Å². The van der Waals surface area contributed by atoms with Gasteiger partial charge in [-0.15, -0.1) is 0 Å². The number of nitrogens with two attached hydrogens (primary N) is 1. The SMILES string of the molecule is CCNC(=NCC1(C)CCCS1)NCCCCN1CCC(C(N)=O)CC1. The molecule has 4 N–H and O–H groups in total. The zero-order valence-electron chi connectivity index (χ0n) is 16.6. The highest BCUT2D eigenvalue weighted by Crippen LogP contribution is 2.37. The van der Waals surface area contributed by atoms with Crippen LogP contribution in [-0.4, -0.2) is 66.5 Å². The molecule has 0 spiro atoms. The van der Waals surface area contributed by atoms with E-state index in [1.165, 1.54) is 25.0 Å². The number of nitrogens with zero attached hydrogens (tertiary/aromatic N) is 2. The molecule has 1 atom stereocenters. The number of amides is 1. The molecule has 1 unspecified atom stereocenters. The first-order valence-corrected chi connectivity index (χ1v) is 11.2. The van der Waals surface area contributed by atoms with Crippen LogP contribution in [-0.2, 0) is 4.79 Å². The second kappa shape index (κ2) is 11.0. The van der Waals surface area contributed by atoms with Gasteiger partial charge in [0, 0.05) is 23.8 Å². The highest BCUT2D eigenvalue weighted by molar-refractivity contribution is 8.00. The summed E-state index contributed by atoms with van der Waals surface area (Å²) in [5.41, 5.74) is 5.39. The van der Waals surface area contributed by atoms with Crippen molar-refractivity contribution in [2.24, 2.45) is 16.6 Å². The van der Waals surface area contributed by atoms with E-state index in [4.69, 9.17) is 10.7 Å². The molecule has 2 saturated heterocycles. The van der Waals surface area contributed by atoms with E-state index in [1.54, 1.807) is 0 Å². The van der Waals surface area contributed by atoms with Crippen LogP contribution in [0.15, 0.2) is 4.99 Å². The second-order valence-corrected chi connectivity index (χ2v) is 9.43. The number of nitrogens with one attached hydrogen (secondary N) is 2. The molecule has 1 amide bonds. The molecule has 0 aromatic carbocycles. The first kappa shape index (κ1) is 21.4. The summed E-state index contributed by atoms with van der Waals surface area (Å²) >= 11 is 2.06. The Kier molecular flexibility index (Phi) is 9.05. The lowest BCUT2D eigenvalue weighted by Gasteiger charge is -2.30. The van der Waals surface area contributed by atoms with E-state index in [9.17, 15) is 4.79 Å². The van der Waals surface area contributed by atoms with Gasteiger partial charge >= 0.3 is 0 Å². The number of unbranched alkanes of at least 4 members (excludes halogenated alkanes) is 1. The summed E-state index contributed by atoms with van der Waals surface area (Å²) in [4.78, 5) is 18.5. The first-order chi connectivity index (χ1) is 12.5. The molecule has 7 heteroatoms. The average molecular weight is 384 g/mol. The number of carbonyl (C=O) groups is 1. The fourth-order valence-electron chi connectivity index (χ4n) is 3.66. The molecular formula is C19H37N5OS. The van der Waals surface area contributed by atoms with Crippen LogP contribution in [0.4, 0.5) is 0 Å². The average Bonchev–Trinajstić information content (AvgIpc) is 3.06. The molecule has 2 aliphatic rings. The van der Waals surface area contributed by atoms with Crippen molar-refractivity contribution in [2.45, 2.75) is 57.1 Å². The lowest BCUT2D eigenvalue weighted by Crippen LogP contribution is -2.40. The third kappa shape index (κ3) is 7.35. The third-order valence-corrected chi connectivity index (χ3v) is 6.92. The van der Waals surface area contributed by atoms with E-state index in [-0.39, 0.29) is 11.8 Å². The Morgan fingerprint density at radius 1 is 1.31 bits per heavy atom. The van der Waals surface area contributed by atoms with Crippen LogP contribution in [0.1, 0.15) is 52.4 Å². The molecule has 0 aromatic rings. The largest absolute Gasteiger partial charge is 0.369 e. The Balaban J connectivity index is 1.60. The molecule has 0 aromatic heterocycles. The van der Waals surface area contributed by atoms with E-state index in [1.807, 2.05) is 0 Å². The highest BCUT2D eigenvalue weighted by atomic mass is 32.2. The molecule has 150 valence electrons. The number of primary amides is 1. The molecule has 0 radical (unpaired) electrons. The monoisotopic (exact) mass is 383 g/mol. The van der Waals surface area contributed by atoms with Gasteiger partial charge in [0.25, 0.3) is 0 Å². The topological polar surface area (TPSA) is 82.8 Å². The number of carbonyl (C=O) groups excluding carboxylic acids is 1. The quantitative estimate of drug-likeness (QED) is 0.321. The molecular weight excluding hydrogens is 346 g/mol. The highest BCUT2D eigenvalue weighted by Gasteiger charge is 2.29. The molecule has 0 bridgehead atoms. The Hall–Kier alpha value is -0.950. The van der Waals surface area contributed by atoms with E-state index < -0.39 is 0 Å². The number of rotatable bonds is 9. The maximum absolute atomic E-state index is 11.2. The zero-order valence-corrected chi connectivity index (χ0v) is 17.4. The Bertz CT molecular complexity index is 457. The molecule has 2 heterocycles. The molecule has 2 rings (SSSR count). The van der Waals surface area contributed by atoms with Crippen LogP contribution >= 0.6 is 11.8 Å². The summed E-state index contributed by atoms with van der Waals surface area (Å²) in [5.74, 6) is 2.18. The number of hydrogen-bond acceptors (Lipinski definition) is 4. The minimum atomic E-state index is -0.131. The summed E-state index contributed by atoms with van der Waals surface area (Å²) in [6.07, 6.45) is 6.72. The Morgan fingerprint density at radius 3 is 2.69 bits per heavy atom. The lowest BCUT2D eigenvalue weighted by molar-refractivity contribution is -0.123. The van der Waals surface area contributed by atoms with E-state index in [0.29, 0.717) is 4.75 Å². The van der Waals surface area contributed by atoms with Gasteiger partial charge in [0.1, 0.15) is 0 Å². The summed E-state index contributed by atoms with van der Waals surface area (Å²) in [5, 5.41) is 6.83. The summed E-state index contributed by atoms with van der Waals surface area (Å²) in [7, 11) is 0. The standard InChI is InChI=1S/C19H37N5OS/c1-3-21-18(23-15-19(2)9-6-14-26-19)22-10-4-5-11-24-12-7-16(8-13-24)17(20)25/h16H,3-15H2,1-2H3,(H2,20,25)(H2,21,22,23). The van der Waals surface area contributed by atoms with Crippen molar-refractivity contribution < 1.29 is 4.79 Å². The van der Waals surface area contributed by atoms with Gasteiger partial charge in [0.05, 0.1) is 6.54 Å². The number of aliphatic imine (C=N–C) groups is 1. The fourth-order valence-corrected chi connectivity index (χ4v) is 4.88. The van der Waals surface area contributed by atoms with Crippen LogP contribution < -0.4 is 16.4 Å². The predicted molar refractivity (Wildman–Crippen MR) is 112 cm³/mol. The van der Waals surface area contributed by atoms with Crippen LogP contribution in [0.3, 0.4) is 0 Å². The number of piperidine rings is 1. The number of hydrogen-bond donors (Lipinski definition) is 3. The van der Waals surface area contributed by atoms with Crippen LogP contribution in [0.5, 0.6) is 0 Å². The van der Waals surface area contributed by atoms with Gasteiger partial charge in [-0.2, -0.15) is 11.8 Å². The van der Waals surface area contributed by atoms with Crippen LogP contribution in [0.2, 0.25) is 0 Å². The Labute approximate surface area is 163 Å². The van der Waals surface area contributed by atoms with Gasteiger partial charge in [-0.05, 0) is 77.8 Å². The molecule has 26 heavy (non-hydrogen) atoms. The van der Waals surface area contributed by atoms with Crippen molar-refractivity contribution in [3.8, 4) is 0 Å². The minimum absolute atomic E-state index is 0.0895. The summed E-state index contributed by atoms with van der Waals surface area (Å²) in [6.45, 7) is 10.3. The van der Waals surface area contributed by atoms with Gasteiger partial charge in [0.15, 0.2) is 5.96 Å². The van der Waals surface area contributed by atoms with Crippen molar-refractivity contribution in [1.82, 2.24) is 15.5 Å². The normalized spacial score (nSPS) is 25.4. The van der Waals surface area contributed by atoms with Crippen molar-refractivity contribution in [3.05, 3.63) is 0 Å². The molecule has 0 saturated carbocycles. The Morgan fingerprint density at radius 2 is 2.08 bits per heavy atom. The number of thioether (sulfide) groups is 1. The molecule has 0 aliphatic carbocycles. The van der Waals surface area contributed by atoms with Crippen molar-refractivity contribution in [3.63, 3.8) is 0 Å². The van der Waals surface area contributed by atoms with Crippen LogP contribution in [0, 0.1) is 5.92 Å². The van der Waals surface area contributed by atoms with Gasteiger partial charge in [-0.25, -0.2) is 0 Å². The minimum Gasteiger partial charge on any atom is -0.369 e. The second-order valence-electron chi connectivity index (χ2n) is 7.75. The first-order valence-electron chi connectivity index (χ1n) is 10.2. The van der Waals surface area contributed by atoms with Gasteiger partial charge in [0.2, 0.25) is 5.91 Å². The van der Waals surface area contributed by atoms with Gasteiger partial charge < -0.3 is 21.3 Å². The zero-order chi connectivity index (χ0) is 18.8. The number of guanidine groups is 1. The predicted octanol–water partition coefficient (Wildman–Crippen LogP) is 1.80. The van der Waals surface area contributed by atoms with Crippen molar-refractivity contribution in [2.75, 3.05) is 45.0 Å². The van der Waals surface area contributed by atoms with Crippen molar-refractivity contribution in [1.29, 1.82) is 0 Å². The molecule has 6 nitrogen and oxygen atoms in total. The van der Waals surface area contributed by atoms with Crippen molar-refractivity contribution >= 4 is 23.6 Å². The maximum atomic E-state index is 11.2. The van der Waals surface area contributed by atoms with Crippen LogP contribution in [0.25, 0.3) is 0 Å². The fraction of sp³-hybridized carbons (Fsp3) is 0.895. The molecule has 2 aliphatic heterocycles. The smallest absolute Gasteiger partial charge is 0.220 e. The lowest BCUT2D eigenvalue weighted by atomic mass is 9.96. The number of likely N-dealkylation sites (tertiary alicyclic amines) is 1. The maximum Gasteiger partial charge on any atom is 0.220 e. The van der Waals surface area contributed by atoms with E-state index >= 15 is 0 Å². The van der Waals surface area contributed by atoms with Gasteiger partial charge in [-0.1, -0.05) is 0 Å². The van der Waals surface area contributed by atoms with E-state index in [2.05, 4.69) is 41.1 Å². The van der Waals surface area contributed by atoms with E-state index in [0.717, 1.165) is 64.5 Å². The summed E-state index contributed by atoms with van der Waals surface area (Å²) in [6, 6.07) is 0. The summed E-state index contributed by atoms with van der Waals surface area (Å²) < 4.78 is 0.319.